The Balaban J connectivity index is 1.43. The van der Waals surface area contributed by atoms with Crippen molar-refractivity contribution in [3.8, 4) is 11.4 Å². The molecule has 0 saturated heterocycles. The SMILES string of the molecule is O=C(CSc1nnc(-c2c[nH]c3ccccc23)n1C1CC1)c1ccc(Cl)c(Cl)c1. The number of ketones is 1. The van der Waals surface area contributed by atoms with Crippen LogP contribution in [0.5, 0.6) is 0 Å². The van der Waals surface area contributed by atoms with E-state index in [-0.39, 0.29) is 11.5 Å². The zero-order chi connectivity index (χ0) is 20.0. The molecule has 1 fully saturated rings. The van der Waals surface area contributed by atoms with Gasteiger partial charge in [0.1, 0.15) is 0 Å². The molecule has 0 aliphatic heterocycles. The van der Waals surface area contributed by atoms with Gasteiger partial charge in [-0.15, -0.1) is 10.2 Å². The lowest BCUT2D eigenvalue weighted by molar-refractivity contribution is 0.102. The summed E-state index contributed by atoms with van der Waals surface area (Å²) < 4.78 is 2.17. The Kier molecular flexibility index (Phi) is 4.86. The van der Waals surface area contributed by atoms with Gasteiger partial charge in [0.05, 0.1) is 15.8 Å². The van der Waals surface area contributed by atoms with E-state index in [0.29, 0.717) is 21.7 Å². The van der Waals surface area contributed by atoms with E-state index >= 15 is 0 Å². The van der Waals surface area contributed by atoms with Gasteiger partial charge in [-0.25, -0.2) is 0 Å². The number of thioether (sulfide) groups is 1. The number of nitrogens with zero attached hydrogens (tertiary/aromatic N) is 3. The molecule has 1 aliphatic rings. The molecule has 4 aromatic rings. The molecule has 1 saturated carbocycles. The van der Waals surface area contributed by atoms with Crippen LogP contribution in [-0.2, 0) is 0 Å². The fourth-order valence-corrected chi connectivity index (χ4v) is 4.56. The number of nitrogens with one attached hydrogen (secondary N) is 1. The highest BCUT2D eigenvalue weighted by Gasteiger charge is 2.31. The van der Waals surface area contributed by atoms with Crippen molar-refractivity contribution in [1.82, 2.24) is 19.7 Å². The minimum absolute atomic E-state index is 0.0208. The van der Waals surface area contributed by atoms with Gasteiger partial charge in [0, 0.05) is 34.3 Å². The third-order valence-electron chi connectivity index (χ3n) is 4.98. The van der Waals surface area contributed by atoms with Gasteiger partial charge in [-0.3, -0.25) is 9.36 Å². The fourth-order valence-electron chi connectivity index (χ4n) is 3.36. The third-order valence-corrected chi connectivity index (χ3v) is 6.66. The number of Topliss-reactive ketones (excluding diaryl/α,β-unsaturated/α-hetero) is 1. The first-order valence-electron chi connectivity index (χ1n) is 9.24. The van der Waals surface area contributed by atoms with Gasteiger partial charge in [0.15, 0.2) is 16.8 Å². The maximum Gasteiger partial charge on any atom is 0.192 e. The van der Waals surface area contributed by atoms with E-state index < -0.39 is 0 Å². The number of para-hydroxylation sites is 1. The molecule has 1 aliphatic carbocycles. The predicted molar refractivity (Wildman–Crippen MR) is 117 cm³/mol. The normalized spacial score (nSPS) is 13.9. The van der Waals surface area contributed by atoms with Gasteiger partial charge in [-0.2, -0.15) is 0 Å². The summed E-state index contributed by atoms with van der Waals surface area (Å²) in [6, 6.07) is 13.5. The molecule has 0 unspecified atom stereocenters. The molecule has 0 spiro atoms. The van der Waals surface area contributed by atoms with Crippen LogP contribution in [0.25, 0.3) is 22.3 Å². The number of hydrogen-bond acceptors (Lipinski definition) is 4. The molecule has 5 rings (SSSR count). The van der Waals surface area contributed by atoms with Crippen LogP contribution < -0.4 is 0 Å². The summed E-state index contributed by atoms with van der Waals surface area (Å²) in [6.07, 6.45) is 4.17. The van der Waals surface area contributed by atoms with Crippen LogP contribution in [0.1, 0.15) is 29.2 Å². The van der Waals surface area contributed by atoms with E-state index in [4.69, 9.17) is 23.2 Å². The van der Waals surface area contributed by atoms with Crippen molar-refractivity contribution in [1.29, 1.82) is 0 Å². The van der Waals surface area contributed by atoms with Gasteiger partial charge in [0.2, 0.25) is 0 Å². The summed E-state index contributed by atoms with van der Waals surface area (Å²) in [5, 5.41) is 11.6. The van der Waals surface area contributed by atoms with Crippen LogP contribution in [-0.4, -0.2) is 31.3 Å². The Morgan fingerprint density at radius 2 is 1.97 bits per heavy atom. The average Bonchev–Trinajstić information content (AvgIpc) is 3.34. The Morgan fingerprint density at radius 3 is 2.76 bits per heavy atom. The fraction of sp³-hybridized carbons (Fsp3) is 0.190. The second kappa shape index (κ2) is 7.52. The number of halogens is 2. The van der Waals surface area contributed by atoms with Crippen molar-refractivity contribution in [2.24, 2.45) is 0 Å². The number of carbonyl (C=O) groups excluding carboxylic acids is 1. The van der Waals surface area contributed by atoms with Crippen molar-refractivity contribution in [3.63, 3.8) is 0 Å². The molecule has 29 heavy (non-hydrogen) atoms. The molecule has 0 amide bonds. The van der Waals surface area contributed by atoms with E-state index in [1.165, 1.54) is 11.8 Å². The van der Waals surface area contributed by atoms with Crippen LogP contribution in [0.15, 0.2) is 53.8 Å². The molecular formula is C21H16Cl2N4OS. The summed E-state index contributed by atoms with van der Waals surface area (Å²) in [5.74, 6) is 1.08. The first-order chi connectivity index (χ1) is 14.1. The number of hydrogen-bond donors (Lipinski definition) is 1. The lowest BCUT2D eigenvalue weighted by Gasteiger charge is -2.08. The van der Waals surface area contributed by atoms with E-state index in [1.807, 2.05) is 24.4 Å². The lowest BCUT2D eigenvalue weighted by Crippen LogP contribution is -2.05. The number of H-pyrrole nitrogens is 1. The molecule has 0 atom stereocenters. The molecular weight excluding hydrogens is 427 g/mol. The number of fused-ring (bicyclic) bond motifs is 1. The summed E-state index contributed by atoms with van der Waals surface area (Å²) in [5.41, 5.74) is 2.64. The van der Waals surface area contributed by atoms with Crippen LogP contribution in [0.4, 0.5) is 0 Å². The average molecular weight is 443 g/mol. The highest BCUT2D eigenvalue weighted by Crippen LogP contribution is 2.42. The van der Waals surface area contributed by atoms with Gasteiger partial charge in [-0.05, 0) is 37.1 Å². The van der Waals surface area contributed by atoms with Crippen molar-refractivity contribution in [2.75, 3.05) is 5.75 Å². The third kappa shape index (κ3) is 3.56. The highest BCUT2D eigenvalue weighted by molar-refractivity contribution is 7.99. The van der Waals surface area contributed by atoms with Crippen molar-refractivity contribution >= 4 is 51.6 Å². The summed E-state index contributed by atoms with van der Waals surface area (Å²) in [6.45, 7) is 0. The van der Waals surface area contributed by atoms with E-state index in [1.54, 1.807) is 18.2 Å². The number of rotatable bonds is 6. The summed E-state index contributed by atoms with van der Waals surface area (Å²) >= 11 is 13.4. The largest absolute Gasteiger partial charge is 0.360 e. The number of aromatic nitrogens is 4. The van der Waals surface area contributed by atoms with Crippen LogP contribution in [0, 0.1) is 0 Å². The Labute approximate surface area is 181 Å². The Hall–Kier alpha value is -2.28. The molecule has 2 heterocycles. The van der Waals surface area contributed by atoms with Crippen molar-refractivity contribution in [2.45, 2.75) is 24.0 Å². The van der Waals surface area contributed by atoms with Gasteiger partial charge in [-0.1, -0.05) is 53.2 Å². The second-order valence-corrected chi connectivity index (χ2v) is 8.75. The van der Waals surface area contributed by atoms with E-state index in [0.717, 1.165) is 40.3 Å². The maximum atomic E-state index is 12.6. The van der Waals surface area contributed by atoms with Crippen molar-refractivity contribution < 1.29 is 4.79 Å². The predicted octanol–water partition coefficient (Wildman–Crippen LogP) is 6.04. The standard InChI is InChI=1S/C21H16Cl2N4OS/c22-16-8-5-12(9-17(16)23)19(28)11-29-21-26-25-20(27(21)13-6-7-13)15-10-24-18-4-2-1-3-14(15)18/h1-5,8-10,13,24H,6-7,11H2. The smallest absolute Gasteiger partial charge is 0.192 e. The van der Waals surface area contributed by atoms with Crippen LogP contribution in [0.3, 0.4) is 0 Å². The molecule has 2 aromatic heterocycles. The van der Waals surface area contributed by atoms with Crippen molar-refractivity contribution in [3.05, 3.63) is 64.3 Å². The number of carbonyl (C=O) groups is 1. The molecule has 5 nitrogen and oxygen atoms in total. The Bertz CT molecular complexity index is 1230. The molecule has 0 radical (unpaired) electrons. The molecule has 1 N–H and O–H groups in total. The number of benzene rings is 2. The number of aromatic amines is 1. The first-order valence-corrected chi connectivity index (χ1v) is 11.0. The van der Waals surface area contributed by atoms with Gasteiger partial charge >= 0.3 is 0 Å². The molecule has 146 valence electrons. The van der Waals surface area contributed by atoms with Gasteiger partial charge in [0.25, 0.3) is 0 Å². The highest BCUT2D eigenvalue weighted by atomic mass is 35.5. The minimum Gasteiger partial charge on any atom is -0.360 e. The zero-order valence-corrected chi connectivity index (χ0v) is 17.6. The van der Waals surface area contributed by atoms with E-state index in [9.17, 15) is 4.79 Å². The maximum absolute atomic E-state index is 12.6. The monoisotopic (exact) mass is 442 g/mol. The zero-order valence-electron chi connectivity index (χ0n) is 15.2. The summed E-state index contributed by atoms with van der Waals surface area (Å²) in [4.78, 5) is 15.9. The Morgan fingerprint density at radius 1 is 1.14 bits per heavy atom. The second-order valence-electron chi connectivity index (χ2n) is 7.00. The summed E-state index contributed by atoms with van der Waals surface area (Å²) in [7, 11) is 0. The first kappa shape index (κ1) is 18.7. The molecule has 2 aromatic carbocycles. The van der Waals surface area contributed by atoms with Crippen LogP contribution in [0.2, 0.25) is 10.0 Å². The quantitative estimate of drug-likeness (QED) is 0.291. The molecule has 0 bridgehead atoms. The van der Waals surface area contributed by atoms with Crippen LogP contribution >= 0.6 is 35.0 Å². The topological polar surface area (TPSA) is 63.6 Å². The lowest BCUT2D eigenvalue weighted by atomic mass is 10.1. The molecule has 8 heteroatoms. The van der Waals surface area contributed by atoms with Gasteiger partial charge < -0.3 is 4.98 Å². The minimum atomic E-state index is -0.0208. The van der Waals surface area contributed by atoms with E-state index in [2.05, 4.69) is 25.8 Å².